The van der Waals surface area contributed by atoms with E-state index in [9.17, 15) is 4.39 Å². The first-order valence-corrected chi connectivity index (χ1v) is 7.41. The molecule has 0 aliphatic carbocycles. The summed E-state index contributed by atoms with van der Waals surface area (Å²) < 4.78 is 14.2. The van der Waals surface area contributed by atoms with E-state index in [4.69, 9.17) is 0 Å². The van der Waals surface area contributed by atoms with E-state index in [0.29, 0.717) is 6.04 Å². The SMILES string of the molecule is CCC1CCCCN1c1cccc(F)c1C(C)NC. The van der Waals surface area contributed by atoms with Crippen LogP contribution in [0.25, 0.3) is 0 Å². The summed E-state index contributed by atoms with van der Waals surface area (Å²) in [6, 6.07) is 6.06. The standard InChI is InChI=1S/C16H25FN2/c1-4-13-8-5-6-11-19(13)15-10-7-9-14(17)16(15)12(2)18-3/h7,9-10,12-13,18H,4-6,8,11H2,1-3H3. The lowest BCUT2D eigenvalue weighted by Gasteiger charge is -2.39. The van der Waals surface area contributed by atoms with Crippen molar-refractivity contribution in [2.75, 3.05) is 18.5 Å². The summed E-state index contributed by atoms with van der Waals surface area (Å²) in [6.45, 7) is 5.29. The highest BCUT2D eigenvalue weighted by Gasteiger charge is 2.25. The first-order valence-electron chi connectivity index (χ1n) is 7.41. The molecule has 0 saturated carbocycles. The molecule has 0 spiro atoms. The normalized spacial score (nSPS) is 21.5. The number of benzene rings is 1. The molecule has 19 heavy (non-hydrogen) atoms. The van der Waals surface area contributed by atoms with Gasteiger partial charge < -0.3 is 10.2 Å². The average molecular weight is 264 g/mol. The number of piperidine rings is 1. The maximum Gasteiger partial charge on any atom is 0.130 e. The van der Waals surface area contributed by atoms with Gasteiger partial charge in [-0.15, -0.1) is 0 Å². The Balaban J connectivity index is 2.40. The number of rotatable bonds is 4. The molecule has 2 rings (SSSR count). The second-order valence-electron chi connectivity index (χ2n) is 5.43. The van der Waals surface area contributed by atoms with Crippen molar-refractivity contribution in [3.05, 3.63) is 29.6 Å². The minimum absolute atomic E-state index is 0.0376. The van der Waals surface area contributed by atoms with Gasteiger partial charge in [-0.05, 0) is 51.8 Å². The van der Waals surface area contributed by atoms with Crippen molar-refractivity contribution in [2.24, 2.45) is 0 Å². The smallest absolute Gasteiger partial charge is 0.130 e. The summed E-state index contributed by atoms with van der Waals surface area (Å²) in [5.41, 5.74) is 1.89. The number of anilines is 1. The second kappa shape index (κ2) is 6.38. The molecule has 1 aromatic rings. The molecule has 0 radical (unpaired) electrons. The zero-order chi connectivity index (χ0) is 13.8. The summed E-state index contributed by atoms with van der Waals surface area (Å²) in [6.07, 6.45) is 4.85. The highest BCUT2D eigenvalue weighted by atomic mass is 19.1. The van der Waals surface area contributed by atoms with Gasteiger partial charge in [0.2, 0.25) is 0 Å². The van der Waals surface area contributed by atoms with Crippen LogP contribution < -0.4 is 10.2 Å². The zero-order valence-electron chi connectivity index (χ0n) is 12.2. The molecule has 106 valence electrons. The molecule has 1 aliphatic heterocycles. The van der Waals surface area contributed by atoms with Crippen LogP contribution in [0.15, 0.2) is 18.2 Å². The number of nitrogens with one attached hydrogen (secondary N) is 1. The maximum absolute atomic E-state index is 14.2. The molecular formula is C16H25FN2. The van der Waals surface area contributed by atoms with E-state index >= 15 is 0 Å². The Morgan fingerprint density at radius 3 is 2.89 bits per heavy atom. The fourth-order valence-electron chi connectivity index (χ4n) is 3.09. The summed E-state index contributed by atoms with van der Waals surface area (Å²) >= 11 is 0. The van der Waals surface area contributed by atoms with Crippen molar-refractivity contribution in [3.63, 3.8) is 0 Å². The van der Waals surface area contributed by atoms with Crippen LogP contribution in [0, 0.1) is 5.82 Å². The van der Waals surface area contributed by atoms with Crippen LogP contribution in [0.2, 0.25) is 0 Å². The summed E-state index contributed by atoms with van der Waals surface area (Å²) in [5.74, 6) is -0.0974. The lowest BCUT2D eigenvalue weighted by atomic mass is 9.96. The largest absolute Gasteiger partial charge is 0.368 e. The van der Waals surface area contributed by atoms with Gasteiger partial charge in [-0.2, -0.15) is 0 Å². The van der Waals surface area contributed by atoms with Crippen molar-refractivity contribution in [1.82, 2.24) is 5.32 Å². The molecule has 2 unspecified atom stereocenters. The van der Waals surface area contributed by atoms with E-state index in [1.54, 1.807) is 6.07 Å². The first kappa shape index (κ1) is 14.3. The first-order chi connectivity index (χ1) is 9.19. The van der Waals surface area contributed by atoms with Gasteiger partial charge in [-0.1, -0.05) is 13.0 Å². The van der Waals surface area contributed by atoms with Gasteiger partial charge in [-0.3, -0.25) is 0 Å². The van der Waals surface area contributed by atoms with E-state index in [0.717, 1.165) is 24.2 Å². The van der Waals surface area contributed by atoms with Gasteiger partial charge in [0.05, 0.1) is 0 Å². The van der Waals surface area contributed by atoms with Gasteiger partial charge >= 0.3 is 0 Å². The number of nitrogens with zero attached hydrogens (tertiary/aromatic N) is 1. The number of hydrogen-bond donors (Lipinski definition) is 1. The number of hydrogen-bond acceptors (Lipinski definition) is 2. The Morgan fingerprint density at radius 1 is 1.42 bits per heavy atom. The Bertz CT molecular complexity index is 419. The van der Waals surface area contributed by atoms with Gasteiger partial charge in [0.25, 0.3) is 0 Å². The summed E-state index contributed by atoms with van der Waals surface area (Å²) in [7, 11) is 1.88. The van der Waals surface area contributed by atoms with E-state index in [-0.39, 0.29) is 11.9 Å². The lowest BCUT2D eigenvalue weighted by molar-refractivity contribution is 0.445. The molecule has 1 saturated heterocycles. The van der Waals surface area contributed by atoms with Crippen molar-refractivity contribution in [1.29, 1.82) is 0 Å². The van der Waals surface area contributed by atoms with Crippen LogP contribution in [0.1, 0.15) is 51.1 Å². The van der Waals surface area contributed by atoms with Gasteiger partial charge in [0, 0.05) is 29.9 Å². The van der Waals surface area contributed by atoms with Gasteiger partial charge in [-0.25, -0.2) is 4.39 Å². The van der Waals surface area contributed by atoms with Crippen LogP contribution in [-0.2, 0) is 0 Å². The maximum atomic E-state index is 14.2. The zero-order valence-corrected chi connectivity index (χ0v) is 12.2. The van der Waals surface area contributed by atoms with Crippen LogP contribution in [0.5, 0.6) is 0 Å². The minimum Gasteiger partial charge on any atom is -0.368 e. The molecule has 1 heterocycles. The minimum atomic E-state index is -0.0974. The van der Waals surface area contributed by atoms with E-state index < -0.39 is 0 Å². The molecule has 1 aliphatic rings. The Morgan fingerprint density at radius 2 is 2.21 bits per heavy atom. The Kier molecular flexibility index (Phi) is 4.81. The molecule has 0 aromatic heterocycles. The highest BCUT2D eigenvalue weighted by Crippen LogP contribution is 2.33. The van der Waals surface area contributed by atoms with E-state index in [1.165, 1.54) is 19.3 Å². The summed E-state index contributed by atoms with van der Waals surface area (Å²) in [5, 5.41) is 3.17. The molecule has 0 amide bonds. The quantitative estimate of drug-likeness (QED) is 0.888. The van der Waals surface area contributed by atoms with Crippen molar-refractivity contribution in [3.8, 4) is 0 Å². The predicted molar refractivity (Wildman–Crippen MR) is 79.2 cm³/mol. The molecule has 0 bridgehead atoms. The monoisotopic (exact) mass is 264 g/mol. The lowest BCUT2D eigenvalue weighted by Crippen LogP contribution is -2.40. The van der Waals surface area contributed by atoms with Crippen LogP contribution >= 0.6 is 0 Å². The second-order valence-corrected chi connectivity index (χ2v) is 5.43. The molecule has 3 heteroatoms. The van der Waals surface area contributed by atoms with Crippen LogP contribution in [0.4, 0.5) is 10.1 Å². The van der Waals surface area contributed by atoms with Crippen molar-refractivity contribution < 1.29 is 4.39 Å². The van der Waals surface area contributed by atoms with Crippen molar-refractivity contribution >= 4 is 5.69 Å². The third-order valence-electron chi connectivity index (χ3n) is 4.30. The topological polar surface area (TPSA) is 15.3 Å². The molecule has 1 fully saturated rings. The Labute approximate surface area is 116 Å². The van der Waals surface area contributed by atoms with E-state index in [2.05, 4.69) is 23.2 Å². The molecule has 1 N–H and O–H groups in total. The van der Waals surface area contributed by atoms with E-state index in [1.807, 2.05) is 20.0 Å². The fraction of sp³-hybridized carbons (Fsp3) is 0.625. The predicted octanol–water partition coefficient (Wildman–Crippen LogP) is 3.88. The number of halogens is 1. The Hall–Kier alpha value is -1.09. The molecule has 1 aromatic carbocycles. The molecule has 2 nitrogen and oxygen atoms in total. The van der Waals surface area contributed by atoms with Crippen LogP contribution in [0.3, 0.4) is 0 Å². The van der Waals surface area contributed by atoms with Gasteiger partial charge in [0.15, 0.2) is 0 Å². The van der Waals surface area contributed by atoms with Crippen molar-refractivity contribution in [2.45, 2.75) is 51.6 Å². The summed E-state index contributed by atoms with van der Waals surface area (Å²) in [4.78, 5) is 2.41. The van der Waals surface area contributed by atoms with Crippen LogP contribution in [-0.4, -0.2) is 19.6 Å². The average Bonchev–Trinajstić information content (AvgIpc) is 2.46. The third kappa shape index (κ3) is 2.92. The highest BCUT2D eigenvalue weighted by molar-refractivity contribution is 5.56. The molecular weight excluding hydrogens is 239 g/mol. The molecule has 2 atom stereocenters. The fourth-order valence-corrected chi connectivity index (χ4v) is 3.09. The third-order valence-corrected chi connectivity index (χ3v) is 4.30. The van der Waals surface area contributed by atoms with Gasteiger partial charge in [0.1, 0.15) is 5.82 Å².